The largest absolute Gasteiger partial charge is 0.460 e. The van der Waals surface area contributed by atoms with Crippen LogP contribution in [0.1, 0.15) is 40.2 Å². The van der Waals surface area contributed by atoms with Gasteiger partial charge in [-0.2, -0.15) is 0 Å². The Kier molecular flexibility index (Phi) is 9.80. The van der Waals surface area contributed by atoms with Gasteiger partial charge in [0.1, 0.15) is 31.3 Å². The smallest absolute Gasteiger partial charge is 0.408 e. The molecule has 3 amide bonds. The lowest BCUT2D eigenvalue weighted by atomic mass is 10.0. The number of rotatable bonds is 9. The molecule has 0 saturated heterocycles. The van der Waals surface area contributed by atoms with E-state index < -0.39 is 35.5 Å². The second-order valence-corrected chi connectivity index (χ2v) is 8.01. The number of esters is 1. The third-order valence-electron chi connectivity index (χ3n) is 3.71. The van der Waals surface area contributed by atoms with Gasteiger partial charge in [0.05, 0.1) is 0 Å². The number of alkyl carbamates (subject to hydrolysis) is 1. The van der Waals surface area contributed by atoms with Gasteiger partial charge in [0.2, 0.25) is 11.8 Å². The minimum atomic E-state index is -0.875. The standard InChI is InChI=1S/C21H31N3O6/c1-14(2)18(24-16(25)11-23-20(28)30-21(3,4)5)19(27)22-12-17(26)29-13-15-9-7-6-8-10-15/h6-10,14,18H,11-13H2,1-5H3,(H,22,27)(H,23,28)(H,24,25). The minimum Gasteiger partial charge on any atom is -0.460 e. The van der Waals surface area contributed by atoms with E-state index in [9.17, 15) is 19.2 Å². The predicted octanol–water partition coefficient (Wildman–Crippen LogP) is 1.51. The van der Waals surface area contributed by atoms with Crippen molar-refractivity contribution >= 4 is 23.9 Å². The molecule has 0 radical (unpaired) electrons. The van der Waals surface area contributed by atoms with Crippen LogP contribution in [-0.4, -0.2) is 48.6 Å². The first-order valence-electron chi connectivity index (χ1n) is 9.71. The number of benzene rings is 1. The highest BCUT2D eigenvalue weighted by atomic mass is 16.6. The van der Waals surface area contributed by atoms with Crippen LogP contribution in [0.25, 0.3) is 0 Å². The molecule has 0 heterocycles. The molecule has 0 bridgehead atoms. The van der Waals surface area contributed by atoms with Crippen molar-refractivity contribution < 1.29 is 28.7 Å². The van der Waals surface area contributed by atoms with E-state index in [4.69, 9.17) is 9.47 Å². The molecule has 9 heteroatoms. The lowest BCUT2D eigenvalue weighted by molar-refractivity contribution is -0.145. The molecule has 1 atom stereocenters. The normalized spacial score (nSPS) is 11.9. The Balaban J connectivity index is 2.43. The molecule has 0 saturated carbocycles. The first-order valence-corrected chi connectivity index (χ1v) is 9.71. The average molecular weight is 421 g/mol. The summed E-state index contributed by atoms with van der Waals surface area (Å²) in [6, 6.07) is 8.29. The van der Waals surface area contributed by atoms with Gasteiger partial charge in [0, 0.05) is 0 Å². The van der Waals surface area contributed by atoms with Crippen molar-refractivity contribution in [2.75, 3.05) is 13.1 Å². The summed E-state index contributed by atoms with van der Waals surface area (Å²) in [6.07, 6.45) is -0.732. The van der Waals surface area contributed by atoms with Crippen LogP contribution in [0.15, 0.2) is 30.3 Å². The highest BCUT2D eigenvalue weighted by Gasteiger charge is 2.25. The van der Waals surface area contributed by atoms with Crippen LogP contribution < -0.4 is 16.0 Å². The topological polar surface area (TPSA) is 123 Å². The number of nitrogens with one attached hydrogen (secondary N) is 3. The molecular formula is C21H31N3O6. The molecule has 0 spiro atoms. The van der Waals surface area contributed by atoms with Crippen molar-refractivity contribution in [3.05, 3.63) is 35.9 Å². The van der Waals surface area contributed by atoms with Gasteiger partial charge in [-0.25, -0.2) is 4.79 Å². The lowest BCUT2D eigenvalue weighted by Gasteiger charge is -2.22. The summed E-state index contributed by atoms with van der Waals surface area (Å²) < 4.78 is 10.1. The predicted molar refractivity (Wildman–Crippen MR) is 110 cm³/mol. The molecule has 0 fully saturated rings. The van der Waals surface area contributed by atoms with Crippen LogP contribution in [0, 0.1) is 5.92 Å². The van der Waals surface area contributed by atoms with E-state index in [1.807, 2.05) is 30.3 Å². The summed E-state index contributed by atoms with van der Waals surface area (Å²) in [5.41, 5.74) is 0.151. The summed E-state index contributed by atoms with van der Waals surface area (Å²) in [7, 11) is 0. The van der Waals surface area contributed by atoms with Gasteiger partial charge in [-0.3, -0.25) is 14.4 Å². The van der Waals surface area contributed by atoms with Crippen molar-refractivity contribution in [3.63, 3.8) is 0 Å². The second-order valence-electron chi connectivity index (χ2n) is 8.01. The molecule has 9 nitrogen and oxygen atoms in total. The van der Waals surface area contributed by atoms with E-state index in [1.165, 1.54) is 0 Å². The first kappa shape index (κ1) is 24.9. The van der Waals surface area contributed by atoms with E-state index in [0.717, 1.165) is 5.56 Å². The highest BCUT2D eigenvalue weighted by Crippen LogP contribution is 2.06. The summed E-state index contributed by atoms with van der Waals surface area (Å²) in [6.45, 7) is 8.06. The minimum absolute atomic E-state index is 0.107. The van der Waals surface area contributed by atoms with Crippen molar-refractivity contribution in [1.29, 1.82) is 0 Å². The molecule has 1 rings (SSSR count). The molecule has 3 N–H and O–H groups in total. The number of carbonyl (C=O) groups is 4. The van der Waals surface area contributed by atoms with Gasteiger partial charge >= 0.3 is 12.1 Å². The quantitative estimate of drug-likeness (QED) is 0.520. The van der Waals surface area contributed by atoms with Crippen molar-refractivity contribution in [2.24, 2.45) is 5.92 Å². The molecule has 30 heavy (non-hydrogen) atoms. The van der Waals surface area contributed by atoms with Crippen LogP contribution in [0.4, 0.5) is 4.79 Å². The number of ether oxygens (including phenoxy) is 2. The average Bonchev–Trinajstić information content (AvgIpc) is 2.66. The van der Waals surface area contributed by atoms with Crippen LogP contribution in [0.5, 0.6) is 0 Å². The van der Waals surface area contributed by atoms with Gasteiger partial charge in [0.15, 0.2) is 0 Å². The van der Waals surface area contributed by atoms with Gasteiger partial charge in [-0.1, -0.05) is 44.2 Å². The summed E-state index contributed by atoms with van der Waals surface area (Å²) in [4.78, 5) is 47.9. The van der Waals surface area contributed by atoms with Gasteiger partial charge < -0.3 is 25.4 Å². The van der Waals surface area contributed by atoms with Crippen molar-refractivity contribution in [3.8, 4) is 0 Å². The van der Waals surface area contributed by atoms with Gasteiger partial charge in [-0.05, 0) is 32.3 Å². The fourth-order valence-electron chi connectivity index (χ4n) is 2.28. The molecule has 166 valence electrons. The van der Waals surface area contributed by atoms with Gasteiger partial charge in [0.25, 0.3) is 0 Å². The monoisotopic (exact) mass is 421 g/mol. The Morgan fingerprint density at radius 2 is 1.60 bits per heavy atom. The Labute approximate surface area is 176 Å². The molecule has 1 aromatic carbocycles. The molecule has 0 aliphatic rings. The zero-order valence-electron chi connectivity index (χ0n) is 18.1. The van der Waals surface area contributed by atoms with E-state index in [0.29, 0.717) is 0 Å². The molecule has 0 aliphatic carbocycles. The highest BCUT2D eigenvalue weighted by molar-refractivity contribution is 5.91. The third kappa shape index (κ3) is 10.4. The Morgan fingerprint density at radius 3 is 2.17 bits per heavy atom. The van der Waals surface area contributed by atoms with Crippen LogP contribution in [0.3, 0.4) is 0 Å². The number of hydrogen-bond acceptors (Lipinski definition) is 6. The van der Waals surface area contributed by atoms with Crippen molar-refractivity contribution in [2.45, 2.75) is 52.9 Å². The summed E-state index contributed by atoms with van der Waals surface area (Å²) in [5.74, 6) is -1.91. The van der Waals surface area contributed by atoms with E-state index in [1.54, 1.807) is 34.6 Å². The number of carbonyl (C=O) groups excluding carboxylic acids is 4. The van der Waals surface area contributed by atoms with E-state index >= 15 is 0 Å². The lowest BCUT2D eigenvalue weighted by Crippen LogP contribution is -2.52. The Bertz CT molecular complexity index is 728. The first-order chi connectivity index (χ1) is 14.0. The molecule has 1 unspecified atom stereocenters. The fraction of sp³-hybridized carbons (Fsp3) is 0.524. The maximum absolute atomic E-state index is 12.4. The summed E-state index contributed by atoms with van der Waals surface area (Å²) >= 11 is 0. The van der Waals surface area contributed by atoms with E-state index in [-0.39, 0.29) is 25.6 Å². The Morgan fingerprint density at radius 1 is 0.967 bits per heavy atom. The summed E-state index contributed by atoms with van der Waals surface area (Å²) in [5, 5.41) is 7.33. The molecule has 0 aromatic heterocycles. The van der Waals surface area contributed by atoms with Gasteiger partial charge in [-0.15, -0.1) is 0 Å². The second kappa shape index (κ2) is 11.8. The maximum Gasteiger partial charge on any atom is 0.408 e. The number of amides is 3. The Hall–Kier alpha value is -3.10. The van der Waals surface area contributed by atoms with Crippen LogP contribution >= 0.6 is 0 Å². The zero-order chi connectivity index (χ0) is 22.7. The third-order valence-corrected chi connectivity index (χ3v) is 3.71. The van der Waals surface area contributed by atoms with Crippen molar-refractivity contribution in [1.82, 2.24) is 16.0 Å². The SMILES string of the molecule is CC(C)C(NC(=O)CNC(=O)OC(C)(C)C)C(=O)NCC(=O)OCc1ccccc1. The van der Waals surface area contributed by atoms with Crippen LogP contribution in [0.2, 0.25) is 0 Å². The van der Waals surface area contributed by atoms with Crippen LogP contribution in [-0.2, 0) is 30.5 Å². The molecule has 1 aromatic rings. The molecular weight excluding hydrogens is 390 g/mol. The van der Waals surface area contributed by atoms with E-state index in [2.05, 4.69) is 16.0 Å². The molecule has 0 aliphatic heterocycles. The maximum atomic E-state index is 12.4. The fourth-order valence-corrected chi connectivity index (χ4v) is 2.28. The zero-order valence-corrected chi connectivity index (χ0v) is 18.1. The number of hydrogen-bond donors (Lipinski definition) is 3.